The first-order chi connectivity index (χ1) is 6.61. The maximum atomic E-state index is 11.3. The molecule has 0 rings (SSSR count). The zero-order valence-electron chi connectivity index (χ0n) is 8.99. The molecule has 0 spiro atoms. The summed E-state index contributed by atoms with van der Waals surface area (Å²) < 4.78 is 0. The molecule has 0 heterocycles. The Morgan fingerprint density at radius 3 is 2.71 bits per heavy atom. The van der Waals surface area contributed by atoms with Crippen LogP contribution in [0.1, 0.15) is 26.2 Å². The highest BCUT2D eigenvalue weighted by atomic mass is 16.2. The van der Waals surface area contributed by atoms with Crippen LogP contribution in [0.4, 0.5) is 0 Å². The van der Waals surface area contributed by atoms with Crippen molar-refractivity contribution in [1.82, 2.24) is 5.01 Å². The minimum Gasteiger partial charge on any atom is -0.273 e. The van der Waals surface area contributed by atoms with E-state index in [1.807, 2.05) is 6.92 Å². The second-order valence-electron chi connectivity index (χ2n) is 3.00. The van der Waals surface area contributed by atoms with Crippen molar-refractivity contribution in [2.24, 2.45) is 5.10 Å². The van der Waals surface area contributed by atoms with Crippen LogP contribution in [0.25, 0.3) is 0 Å². The van der Waals surface area contributed by atoms with E-state index in [0.29, 0.717) is 12.8 Å². The van der Waals surface area contributed by atoms with Crippen LogP contribution in [0.2, 0.25) is 0 Å². The summed E-state index contributed by atoms with van der Waals surface area (Å²) in [5.41, 5.74) is 0.911. The fraction of sp³-hybridized carbons (Fsp3) is 0.455. The molecule has 14 heavy (non-hydrogen) atoms. The number of nitrogens with zero attached hydrogens (tertiary/aromatic N) is 2. The molecule has 0 saturated heterocycles. The van der Waals surface area contributed by atoms with E-state index in [1.165, 1.54) is 5.01 Å². The Kier molecular flexibility index (Phi) is 6.37. The molecule has 0 aliphatic heterocycles. The molecule has 0 aliphatic rings. The van der Waals surface area contributed by atoms with E-state index in [1.54, 1.807) is 19.3 Å². The Morgan fingerprint density at radius 2 is 2.21 bits per heavy atom. The third-order valence-corrected chi connectivity index (χ3v) is 1.79. The highest BCUT2D eigenvalue weighted by Crippen LogP contribution is 1.98. The van der Waals surface area contributed by atoms with Crippen molar-refractivity contribution in [2.75, 3.05) is 7.05 Å². The molecule has 0 aromatic carbocycles. The van der Waals surface area contributed by atoms with Gasteiger partial charge in [-0.2, -0.15) is 5.10 Å². The smallest absolute Gasteiger partial charge is 0.242 e. The SMILES string of the molecule is C=CCCC(=O)N(C)N=CC(=C)CC. The highest BCUT2D eigenvalue weighted by Gasteiger charge is 2.04. The van der Waals surface area contributed by atoms with Gasteiger partial charge in [-0.3, -0.25) is 4.79 Å². The number of carbonyl (C=O) groups is 1. The van der Waals surface area contributed by atoms with Gasteiger partial charge in [0, 0.05) is 13.5 Å². The molecule has 0 fully saturated rings. The van der Waals surface area contributed by atoms with Crippen molar-refractivity contribution in [3.8, 4) is 0 Å². The first-order valence-corrected chi connectivity index (χ1v) is 4.71. The molecular weight excluding hydrogens is 176 g/mol. The lowest BCUT2D eigenvalue weighted by Crippen LogP contribution is -2.20. The largest absolute Gasteiger partial charge is 0.273 e. The molecule has 1 amide bonds. The summed E-state index contributed by atoms with van der Waals surface area (Å²) in [4.78, 5) is 11.3. The summed E-state index contributed by atoms with van der Waals surface area (Å²) in [7, 11) is 1.64. The predicted octanol–water partition coefficient (Wildman–Crippen LogP) is 2.36. The van der Waals surface area contributed by atoms with Crippen molar-refractivity contribution in [3.63, 3.8) is 0 Å². The summed E-state index contributed by atoms with van der Waals surface area (Å²) in [5, 5.41) is 5.31. The van der Waals surface area contributed by atoms with Gasteiger partial charge in [-0.05, 0) is 18.4 Å². The number of carbonyl (C=O) groups excluding carboxylic acids is 1. The summed E-state index contributed by atoms with van der Waals surface area (Å²) in [6.45, 7) is 9.31. The quantitative estimate of drug-likeness (QED) is 0.363. The number of rotatable bonds is 6. The first-order valence-electron chi connectivity index (χ1n) is 4.71. The Labute approximate surface area is 85.8 Å². The van der Waals surface area contributed by atoms with Gasteiger partial charge in [0.1, 0.15) is 0 Å². The third kappa shape index (κ3) is 5.30. The highest BCUT2D eigenvalue weighted by molar-refractivity contribution is 5.81. The number of hydrogen-bond donors (Lipinski definition) is 0. The van der Waals surface area contributed by atoms with Gasteiger partial charge in [0.25, 0.3) is 0 Å². The predicted molar refractivity (Wildman–Crippen MR) is 60.1 cm³/mol. The van der Waals surface area contributed by atoms with Crippen LogP contribution in [0, 0.1) is 0 Å². The standard InChI is InChI=1S/C11H18N2O/c1-5-7-8-11(14)13(4)12-9-10(3)6-2/h5,9H,1,3,6-8H2,2,4H3. The van der Waals surface area contributed by atoms with Crippen LogP contribution < -0.4 is 0 Å². The summed E-state index contributed by atoms with van der Waals surface area (Å²) in [6, 6.07) is 0. The molecule has 0 N–H and O–H groups in total. The summed E-state index contributed by atoms with van der Waals surface area (Å²) in [6.07, 6.45) is 5.33. The average Bonchev–Trinajstić information content (AvgIpc) is 2.21. The van der Waals surface area contributed by atoms with Crippen LogP contribution >= 0.6 is 0 Å². The minimum atomic E-state index is -0.00921. The number of hydrazone groups is 1. The van der Waals surface area contributed by atoms with Gasteiger partial charge in [0.2, 0.25) is 5.91 Å². The Morgan fingerprint density at radius 1 is 1.57 bits per heavy atom. The zero-order chi connectivity index (χ0) is 11.0. The Bertz CT molecular complexity index is 244. The molecule has 0 aliphatic carbocycles. The Balaban J connectivity index is 3.99. The van der Waals surface area contributed by atoms with Crippen LogP contribution in [-0.2, 0) is 4.79 Å². The molecule has 78 valence electrons. The van der Waals surface area contributed by atoms with E-state index < -0.39 is 0 Å². The van der Waals surface area contributed by atoms with Crippen LogP contribution in [0.15, 0.2) is 29.9 Å². The maximum Gasteiger partial charge on any atom is 0.242 e. The third-order valence-electron chi connectivity index (χ3n) is 1.79. The van der Waals surface area contributed by atoms with Crippen LogP contribution in [-0.4, -0.2) is 24.2 Å². The monoisotopic (exact) mass is 194 g/mol. The van der Waals surface area contributed by atoms with Gasteiger partial charge in [-0.15, -0.1) is 6.58 Å². The van der Waals surface area contributed by atoms with Crippen LogP contribution in [0.5, 0.6) is 0 Å². The lowest BCUT2D eigenvalue weighted by molar-refractivity contribution is -0.129. The van der Waals surface area contributed by atoms with Crippen molar-refractivity contribution in [2.45, 2.75) is 26.2 Å². The van der Waals surface area contributed by atoms with Crippen molar-refractivity contribution < 1.29 is 4.79 Å². The second-order valence-corrected chi connectivity index (χ2v) is 3.00. The van der Waals surface area contributed by atoms with E-state index in [-0.39, 0.29) is 5.91 Å². The Hall–Kier alpha value is -1.38. The lowest BCUT2D eigenvalue weighted by atomic mass is 10.3. The molecule has 0 aromatic rings. The molecule has 3 heteroatoms. The normalized spacial score (nSPS) is 10.1. The van der Waals surface area contributed by atoms with Crippen LogP contribution in [0.3, 0.4) is 0 Å². The van der Waals surface area contributed by atoms with Crippen molar-refractivity contribution >= 4 is 12.1 Å². The van der Waals surface area contributed by atoms with E-state index in [0.717, 1.165) is 12.0 Å². The van der Waals surface area contributed by atoms with Crippen molar-refractivity contribution in [3.05, 3.63) is 24.8 Å². The average molecular weight is 194 g/mol. The van der Waals surface area contributed by atoms with Gasteiger partial charge in [0.05, 0.1) is 6.21 Å². The van der Waals surface area contributed by atoms with E-state index in [2.05, 4.69) is 18.3 Å². The number of hydrogen-bond acceptors (Lipinski definition) is 2. The number of allylic oxidation sites excluding steroid dienone is 2. The minimum absolute atomic E-state index is 0.00921. The van der Waals surface area contributed by atoms with Gasteiger partial charge in [-0.1, -0.05) is 19.6 Å². The van der Waals surface area contributed by atoms with Gasteiger partial charge < -0.3 is 0 Å². The molecule has 3 nitrogen and oxygen atoms in total. The second kappa shape index (κ2) is 7.06. The molecule has 0 saturated carbocycles. The zero-order valence-corrected chi connectivity index (χ0v) is 8.99. The summed E-state index contributed by atoms with van der Waals surface area (Å²) >= 11 is 0. The molecular formula is C11H18N2O. The molecule has 0 radical (unpaired) electrons. The van der Waals surface area contributed by atoms with Gasteiger partial charge >= 0.3 is 0 Å². The lowest BCUT2D eigenvalue weighted by Gasteiger charge is -2.09. The molecule has 0 bridgehead atoms. The molecule has 0 atom stereocenters. The molecule has 0 aromatic heterocycles. The van der Waals surface area contributed by atoms with Gasteiger partial charge in [-0.25, -0.2) is 5.01 Å². The van der Waals surface area contributed by atoms with Gasteiger partial charge in [0.15, 0.2) is 0 Å². The van der Waals surface area contributed by atoms with E-state index in [4.69, 9.17) is 0 Å². The van der Waals surface area contributed by atoms with E-state index >= 15 is 0 Å². The van der Waals surface area contributed by atoms with E-state index in [9.17, 15) is 4.79 Å². The fourth-order valence-electron chi connectivity index (χ4n) is 0.711. The fourth-order valence-corrected chi connectivity index (χ4v) is 0.711. The topological polar surface area (TPSA) is 32.7 Å². The molecule has 0 unspecified atom stereocenters. The summed E-state index contributed by atoms with van der Waals surface area (Å²) in [5.74, 6) is -0.00921. The maximum absolute atomic E-state index is 11.3. The van der Waals surface area contributed by atoms with Crippen molar-refractivity contribution in [1.29, 1.82) is 0 Å². The first kappa shape index (κ1) is 12.6. The number of amides is 1.